The maximum Gasteiger partial charge on any atom is 0.277 e. The maximum absolute atomic E-state index is 12.9. The second-order valence-electron chi connectivity index (χ2n) is 3.85. The van der Waals surface area contributed by atoms with Crippen molar-refractivity contribution < 1.29 is 13.6 Å². The molecule has 0 spiro atoms. The Morgan fingerprint density at radius 1 is 1.40 bits per heavy atom. The van der Waals surface area contributed by atoms with E-state index in [1.54, 1.807) is 22.9 Å². The Morgan fingerprint density at radius 3 is 2.75 bits per heavy atom. The SMILES string of the molecule is Cl.Cl.NCC(F)(F)CNC(=O)c1ccc2nccn2c1. The first kappa shape index (κ1) is 18.6. The molecule has 2 rings (SSSR count). The largest absolute Gasteiger partial charge is 0.346 e. The lowest BCUT2D eigenvalue weighted by molar-refractivity contribution is 0.0118. The zero-order chi connectivity index (χ0) is 13.2. The summed E-state index contributed by atoms with van der Waals surface area (Å²) in [7, 11) is 0. The van der Waals surface area contributed by atoms with Gasteiger partial charge in [0.1, 0.15) is 5.65 Å². The second-order valence-corrected chi connectivity index (χ2v) is 3.85. The van der Waals surface area contributed by atoms with Gasteiger partial charge in [0.05, 0.1) is 18.7 Å². The number of hydrogen-bond acceptors (Lipinski definition) is 3. The van der Waals surface area contributed by atoms with E-state index in [0.29, 0.717) is 5.65 Å². The highest BCUT2D eigenvalue weighted by molar-refractivity contribution is 5.94. The number of nitrogens with one attached hydrogen (secondary N) is 1. The molecule has 0 fully saturated rings. The predicted octanol–water partition coefficient (Wildman–Crippen LogP) is 1.50. The summed E-state index contributed by atoms with van der Waals surface area (Å²) in [5, 5.41) is 2.14. The van der Waals surface area contributed by atoms with Gasteiger partial charge in [0.15, 0.2) is 0 Å². The Hall–Kier alpha value is -1.44. The minimum atomic E-state index is -3.09. The lowest BCUT2D eigenvalue weighted by atomic mass is 10.2. The molecule has 0 radical (unpaired) electrons. The molecule has 0 aliphatic heterocycles. The minimum absolute atomic E-state index is 0. The van der Waals surface area contributed by atoms with E-state index in [9.17, 15) is 13.6 Å². The quantitative estimate of drug-likeness (QED) is 0.894. The van der Waals surface area contributed by atoms with Crippen LogP contribution in [0.4, 0.5) is 8.78 Å². The summed E-state index contributed by atoms with van der Waals surface area (Å²) in [4.78, 5) is 15.7. The van der Waals surface area contributed by atoms with E-state index in [0.717, 1.165) is 0 Å². The Bertz CT molecular complexity index is 576. The van der Waals surface area contributed by atoms with Crippen LogP contribution in [0.25, 0.3) is 5.65 Å². The third kappa shape index (κ3) is 4.29. The lowest BCUT2D eigenvalue weighted by Gasteiger charge is -2.14. The van der Waals surface area contributed by atoms with Gasteiger partial charge in [-0.2, -0.15) is 0 Å². The fourth-order valence-electron chi connectivity index (χ4n) is 1.44. The van der Waals surface area contributed by atoms with Gasteiger partial charge in [-0.25, -0.2) is 13.8 Å². The number of carbonyl (C=O) groups excluding carboxylic acids is 1. The van der Waals surface area contributed by atoms with Crippen LogP contribution in [0, 0.1) is 0 Å². The fourth-order valence-corrected chi connectivity index (χ4v) is 1.44. The van der Waals surface area contributed by atoms with Crippen molar-refractivity contribution in [1.29, 1.82) is 0 Å². The number of fused-ring (bicyclic) bond motifs is 1. The summed E-state index contributed by atoms with van der Waals surface area (Å²) in [5.41, 5.74) is 5.84. The zero-order valence-electron chi connectivity index (χ0n) is 10.3. The zero-order valence-corrected chi connectivity index (χ0v) is 11.9. The number of nitrogens with zero attached hydrogens (tertiary/aromatic N) is 2. The number of nitrogens with two attached hydrogens (primary N) is 1. The van der Waals surface area contributed by atoms with Gasteiger partial charge in [-0.3, -0.25) is 4.79 Å². The van der Waals surface area contributed by atoms with Gasteiger partial charge in [0.25, 0.3) is 11.8 Å². The number of aromatic nitrogens is 2. The monoisotopic (exact) mass is 326 g/mol. The van der Waals surface area contributed by atoms with Crippen LogP contribution in [-0.4, -0.2) is 34.3 Å². The van der Waals surface area contributed by atoms with E-state index in [1.165, 1.54) is 12.3 Å². The van der Waals surface area contributed by atoms with E-state index in [2.05, 4.69) is 10.3 Å². The molecule has 3 N–H and O–H groups in total. The molecule has 0 aliphatic rings. The van der Waals surface area contributed by atoms with Crippen molar-refractivity contribution in [2.24, 2.45) is 5.73 Å². The summed E-state index contributed by atoms with van der Waals surface area (Å²) in [6.07, 6.45) is 4.78. The molecule has 0 atom stereocenters. The van der Waals surface area contributed by atoms with Crippen LogP contribution < -0.4 is 11.1 Å². The van der Waals surface area contributed by atoms with Gasteiger partial charge in [-0.1, -0.05) is 0 Å². The number of alkyl halides is 2. The van der Waals surface area contributed by atoms with Crippen molar-refractivity contribution in [2.45, 2.75) is 5.92 Å². The maximum atomic E-state index is 12.9. The molecule has 2 aromatic rings. The highest BCUT2D eigenvalue weighted by Crippen LogP contribution is 2.10. The normalized spacial score (nSPS) is 10.6. The molecule has 0 saturated carbocycles. The number of pyridine rings is 1. The van der Waals surface area contributed by atoms with Crippen molar-refractivity contribution in [1.82, 2.24) is 14.7 Å². The third-order valence-electron chi connectivity index (χ3n) is 2.46. The Kier molecular flexibility index (Phi) is 6.84. The molecule has 2 aromatic heterocycles. The first-order valence-electron chi connectivity index (χ1n) is 5.31. The topological polar surface area (TPSA) is 72.4 Å². The fraction of sp³-hybridized carbons (Fsp3) is 0.273. The molecule has 5 nitrogen and oxygen atoms in total. The molecule has 2 heterocycles. The van der Waals surface area contributed by atoms with Crippen LogP contribution in [0.15, 0.2) is 30.7 Å². The van der Waals surface area contributed by atoms with Crippen LogP contribution in [0.1, 0.15) is 10.4 Å². The Morgan fingerprint density at radius 2 is 2.10 bits per heavy atom. The Balaban J connectivity index is 0.00000180. The first-order valence-corrected chi connectivity index (χ1v) is 5.31. The first-order chi connectivity index (χ1) is 8.52. The van der Waals surface area contributed by atoms with E-state index in [1.807, 2.05) is 0 Å². The van der Waals surface area contributed by atoms with E-state index < -0.39 is 24.9 Å². The van der Waals surface area contributed by atoms with Crippen LogP contribution >= 0.6 is 24.8 Å². The van der Waals surface area contributed by atoms with Gasteiger partial charge >= 0.3 is 0 Å². The van der Waals surface area contributed by atoms with E-state index in [4.69, 9.17) is 5.73 Å². The highest BCUT2D eigenvalue weighted by atomic mass is 35.5. The van der Waals surface area contributed by atoms with Crippen LogP contribution in [0.5, 0.6) is 0 Å². The molecular formula is C11H14Cl2F2N4O. The molecule has 9 heteroatoms. The van der Waals surface area contributed by atoms with Gasteiger partial charge in [-0.05, 0) is 12.1 Å². The molecular weight excluding hydrogens is 313 g/mol. The second kappa shape index (κ2) is 7.37. The number of imidazole rings is 1. The summed E-state index contributed by atoms with van der Waals surface area (Å²) >= 11 is 0. The van der Waals surface area contributed by atoms with Crippen LogP contribution in [0.3, 0.4) is 0 Å². The van der Waals surface area contributed by atoms with Crippen LogP contribution in [0.2, 0.25) is 0 Å². The summed E-state index contributed by atoms with van der Waals surface area (Å²) in [6, 6.07) is 3.16. The van der Waals surface area contributed by atoms with Gasteiger partial charge < -0.3 is 15.5 Å². The standard InChI is InChI=1S/C11H12F2N4O.2ClH/c12-11(13,6-14)7-16-10(18)8-1-2-9-15-3-4-17(9)5-8;;/h1-5H,6-7,14H2,(H,16,18);2*1H. The summed E-state index contributed by atoms with van der Waals surface area (Å²) in [6.45, 7) is -1.57. The highest BCUT2D eigenvalue weighted by Gasteiger charge is 2.27. The summed E-state index contributed by atoms with van der Waals surface area (Å²) in [5.74, 6) is -3.66. The van der Waals surface area contributed by atoms with Crippen molar-refractivity contribution in [3.05, 3.63) is 36.3 Å². The van der Waals surface area contributed by atoms with Crippen molar-refractivity contribution in [3.63, 3.8) is 0 Å². The number of halogens is 4. The molecule has 0 aliphatic carbocycles. The molecule has 112 valence electrons. The molecule has 1 amide bonds. The average molecular weight is 327 g/mol. The van der Waals surface area contributed by atoms with Gasteiger partial charge in [0.2, 0.25) is 0 Å². The van der Waals surface area contributed by atoms with Crippen molar-refractivity contribution in [3.8, 4) is 0 Å². The number of carbonyl (C=O) groups is 1. The molecule has 0 aromatic carbocycles. The smallest absolute Gasteiger partial charge is 0.277 e. The van der Waals surface area contributed by atoms with E-state index in [-0.39, 0.29) is 30.4 Å². The van der Waals surface area contributed by atoms with Crippen molar-refractivity contribution >= 4 is 36.4 Å². The van der Waals surface area contributed by atoms with Gasteiger partial charge in [-0.15, -0.1) is 24.8 Å². The number of rotatable bonds is 4. The Labute approximate surface area is 126 Å². The van der Waals surface area contributed by atoms with Gasteiger partial charge in [0, 0.05) is 18.6 Å². The predicted molar refractivity (Wildman–Crippen MR) is 76.0 cm³/mol. The molecule has 0 bridgehead atoms. The molecule has 0 unspecified atom stereocenters. The summed E-state index contributed by atoms with van der Waals surface area (Å²) < 4.78 is 27.4. The molecule has 20 heavy (non-hydrogen) atoms. The number of amides is 1. The molecule has 0 saturated heterocycles. The average Bonchev–Trinajstić information content (AvgIpc) is 2.83. The third-order valence-corrected chi connectivity index (χ3v) is 2.46. The van der Waals surface area contributed by atoms with E-state index >= 15 is 0 Å². The number of hydrogen-bond donors (Lipinski definition) is 2. The van der Waals surface area contributed by atoms with Crippen molar-refractivity contribution in [2.75, 3.05) is 13.1 Å². The lowest BCUT2D eigenvalue weighted by Crippen LogP contribution is -2.41. The van der Waals surface area contributed by atoms with Crippen LogP contribution in [-0.2, 0) is 0 Å². The minimum Gasteiger partial charge on any atom is -0.346 e.